The molecular formula is C10H20N2O6SeV3-2. The Hall–Kier alpha value is 1.11. The van der Waals surface area contributed by atoms with E-state index in [9.17, 15) is 0 Å². The molecule has 1 saturated heterocycles. The van der Waals surface area contributed by atoms with Crippen LogP contribution in [0.1, 0.15) is 19.3 Å². The fourth-order valence-electron chi connectivity index (χ4n) is 1.68. The Kier molecular flexibility index (Phi) is 23.4. The van der Waals surface area contributed by atoms with Gasteiger partial charge in [-0.1, -0.05) is 31.4 Å². The molecule has 0 spiro atoms. The summed E-state index contributed by atoms with van der Waals surface area (Å²) in [4.78, 5) is 0. The summed E-state index contributed by atoms with van der Waals surface area (Å²) in [7, 11) is 0. The SMILES string of the molecule is C1=CC[N-]C(C2CCCC[N-]2)=C1.O[SeH](O)O.[O]=[V]([OH])[OH].[V].[V]. The van der Waals surface area contributed by atoms with Crippen molar-refractivity contribution in [1.82, 2.24) is 0 Å². The Morgan fingerprint density at radius 1 is 1.18 bits per heavy atom. The van der Waals surface area contributed by atoms with Crippen LogP contribution in [0.4, 0.5) is 0 Å². The molecular weight excluding hydrogens is 476 g/mol. The van der Waals surface area contributed by atoms with E-state index in [0.717, 1.165) is 13.1 Å². The molecule has 2 radical (unpaired) electrons. The third-order valence-corrected chi connectivity index (χ3v) is 2.36. The molecule has 1 atom stereocenters. The smallest absolute Gasteiger partial charge is 0 e. The van der Waals surface area contributed by atoms with Crippen LogP contribution in [0.15, 0.2) is 23.9 Å². The van der Waals surface area contributed by atoms with Crippen LogP contribution in [-0.2, 0) is 56.6 Å². The second kappa shape index (κ2) is 18.5. The van der Waals surface area contributed by atoms with E-state index in [4.69, 9.17) is 24.3 Å². The number of piperidine rings is 1. The maximum Gasteiger partial charge on any atom is 0 e. The minimum atomic E-state index is -3.44. The van der Waals surface area contributed by atoms with E-state index in [1.165, 1.54) is 25.0 Å². The maximum absolute atomic E-state index is 8.78. The van der Waals surface area contributed by atoms with E-state index in [0.29, 0.717) is 6.04 Å². The van der Waals surface area contributed by atoms with E-state index in [2.05, 4.69) is 28.9 Å². The average Bonchev–Trinajstić information content (AvgIpc) is 2.39. The van der Waals surface area contributed by atoms with E-state index in [1.807, 2.05) is 0 Å². The van der Waals surface area contributed by atoms with Gasteiger partial charge in [0.1, 0.15) is 0 Å². The zero-order valence-electron chi connectivity index (χ0n) is 11.7. The third kappa shape index (κ3) is 19.2. The van der Waals surface area contributed by atoms with Crippen molar-refractivity contribution in [2.45, 2.75) is 25.3 Å². The fourth-order valence-corrected chi connectivity index (χ4v) is 1.68. The molecule has 5 N–H and O–H groups in total. The first-order valence-electron chi connectivity index (χ1n) is 5.86. The molecule has 8 nitrogen and oxygen atoms in total. The van der Waals surface area contributed by atoms with Crippen LogP contribution in [0.25, 0.3) is 10.6 Å². The van der Waals surface area contributed by atoms with E-state index < -0.39 is 30.7 Å². The number of allylic oxidation sites excluding steroid dienone is 2. The van der Waals surface area contributed by atoms with Gasteiger partial charge in [-0.15, -0.1) is 25.2 Å². The minimum Gasteiger partial charge on any atom is 0 e. The van der Waals surface area contributed by atoms with Gasteiger partial charge in [-0.3, -0.25) is 0 Å². The topological polar surface area (TPSA) is 146 Å². The first kappa shape index (κ1) is 27.9. The number of nitrogens with zero attached hydrogens (tertiary/aromatic N) is 2. The Balaban J connectivity index is -0.000000310. The summed E-state index contributed by atoms with van der Waals surface area (Å²) >= 11 is -6.62. The molecule has 22 heavy (non-hydrogen) atoms. The van der Waals surface area contributed by atoms with Crippen LogP contribution in [0.2, 0.25) is 0 Å². The van der Waals surface area contributed by atoms with Crippen LogP contribution in [0.3, 0.4) is 0 Å². The van der Waals surface area contributed by atoms with Crippen LogP contribution >= 0.6 is 0 Å². The van der Waals surface area contributed by atoms with E-state index >= 15 is 0 Å². The van der Waals surface area contributed by atoms with Gasteiger partial charge in [-0.2, -0.15) is 5.70 Å². The Morgan fingerprint density at radius 2 is 1.73 bits per heavy atom. The molecule has 2 aliphatic heterocycles. The summed E-state index contributed by atoms with van der Waals surface area (Å²) in [6.45, 7) is 1.87. The zero-order valence-corrected chi connectivity index (χ0v) is 17.7. The number of hydrogen-bond donors (Lipinski definition) is 5. The minimum absolute atomic E-state index is 0. The molecule has 0 aromatic carbocycles. The second-order valence-corrected chi connectivity index (χ2v) is 5.71. The number of hydrogen-bond acceptors (Lipinski definition) is 4. The summed E-state index contributed by atoms with van der Waals surface area (Å²) in [6, 6.07) is 0.406. The summed E-state index contributed by atoms with van der Waals surface area (Å²) < 4.78 is 45.1. The van der Waals surface area contributed by atoms with Crippen LogP contribution < -0.4 is 0 Å². The predicted octanol–water partition coefficient (Wildman–Crippen LogP) is -0.820. The van der Waals surface area contributed by atoms with E-state index in [1.54, 1.807) is 0 Å². The van der Waals surface area contributed by atoms with Gasteiger partial charge < -0.3 is 10.6 Å². The predicted molar refractivity (Wildman–Crippen MR) is 70.2 cm³/mol. The van der Waals surface area contributed by atoms with Crippen molar-refractivity contribution in [1.29, 1.82) is 0 Å². The molecule has 0 amide bonds. The molecule has 0 aromatic rings. The van der Waals surface area contributed by atoms with Crippen molar-refractivity contribution in [3.05, 3.63) is 34.6 Å². The van der Waals surface area contributed by atoms with Crippen molar-refractivity contribution < 1.29 is 77.2 Å². The molecule has 0 saturated carbocycles. The van der Waals surface area contributed by atoms with Crippen LogP contribution in [-0.4, -0.2) is 54.7 Å². The summed E-state index contributed by atoms with van der Waals surface area (Å²) in [5, 5.41) is 8.99. The van der Waals surface area contributed by atoms with Gasteiger partial charge in [-0.25, -0.2) is 0 Å². The van der Waals surface area contributed by atoms with Gasteiger partial charge in [-0.05, 0) is 0 Å². The Labute approximate surface area is 164 Å². The van der Waals surface area contributed by atoms with Crippen LogP contribution in [0.5, 0.6) is 0 Å². The van der Waals surface area contributed by atoms with Gasteiger partial charge in [0.15, 0.2) is 0 Å². The maximum atomic E-state index is 8.78. The Morgan fingerprint density at radius 3 is 2.09 bits per heavy atom. The third-order valence-electron chi connectivity index (χ3n) is 2.36. The second-order valence-electron chi connectivity index (χ2n) is 3.80. The molecule has 2 aliphatic rings. The normalized spacial score (nSPS) is 19.2. The average molecular weight is 496 g/mol. The summed E-state index contributed by atoms with van der Waals surface area (Å²) in [5.74, 6) is 0. The van der Waals surface area contributed by atoms with Gasteiger partial charge in [0.25, 0.3) is 0 Å². The van der Waals surface area contributed by atoms with Crippen molar-refractivity contribution in [3.8, 4) is 0 Å². The first-order chi connectivity index (χ1) is 9.43. The molecule has 1 fully saturated rings. The fraction of sp³-hybridized carbons (Fsp3) is 0.600. The quantitative estimate of drug-likeness (QED) is 0.300. The van der Waals surface area contributed by atoms with Crippen molar-refractivity contribution in [3.63, 3.8) is 0 Å². The summed E-state index contributed by atoms with van der Waals surface area (Å²) in [6.07, 6.45) is 10.0. The first-order valence-corrected chi connectivity index (χ1v) is 10.2. The largest absolute Gasteiger partial charge is 0 e. The zero-order chi connectivity index (χ0) is 15.4. The molecule has 12 heteroatoms. The molecule has 2 heterocycles. The standard InChI is InChI=1S/C10H14N2.H4O3Se.2H2O.O.3V/c1-3-7-11-9(5-1)10-6-2-4-8-12-10;1-4(2)3;;;;;;/h1,3,5,10H,2,4,6-8H2;1-4H;2*1H2;;;;/q-2;;;;;;;+2/p-2. The van der Waals surface area contributed by atoms with E-state index in [-0.39, 0.29) is 37.1 Å². The van der Waals surface area contributed by atoms with Gasteiger partial charge in [0.05, 0.1) is 0 Å². The van der Waals surface area contributed by atoms with Crippen molar-refractivity contribution in [2.75, 3.05) is 13.1 Å². The molecule has 1 unspecified atom stereocenters. The Bertz CT molecular complexity index is 334. The van der Waals surface area contributed by atoms with Gasteiger partial charge in [0.2, 0.25) is 0 Å². The van der Waals surface area contributed by atoms with Gasteiger partial charge >= 0.3 is 55.0 Å². The molecule has 0 bridgehead atoms. The van der Waals surface area contributed by atoms with Crippen LogP contribution in [0, 0.1) is 0 Å². The summed E-state index contributed by atoms with van der Waals surface area (Å²) in [5.41, 5.74) is 1.19. The molecule has 129 valence electrons. The molecule has 0 aromatic heterocycles. The molecule has 0 aliphatic carbocycles. The van der Waals surface area contributed by atoms with Crippen molar-refractivity contribution >= 4 is 14.9 Å². The monoisotopic (exact) mass is 497 g/mol. The van der Waals surface area contributed by atoms with Crippen molar-refractivity contribution in [2.24, 2.45) is 0 Å². The molecule has 2 rings (SSSR count). The number of rotatable bonds is 1. The van der Waals surface area contributed by atoms with Gasteiger partial charge in [0, 0.05) is 37.1 Å².